The van der Waals surface area contributed by atoms with Gasteiger partial charge in [0, 0.05) is 24.7 Å². The predicted octanol–water partition coefficient (Wildman–Crippen LogP) is 2.55. The summed E-state index contributed by atoms with van der Waals surface area (Å²) in [7, 11) is -4.26. The molecule has 0 radical (unpaired) electrons. The third kappa shape index (κ3) is 3.76. The van der Waals surface area contributed by atoms with Gasteiger partial charge >= 0.3 is 0 Å². The first-order valence-electron chi connectivity index (χ1n) is 8.19. The molecule has 26 heavy (non-hydrogen) atoms. The van der Waals surface area contributed by atoms with Crippen LogP contribution in [0.25, 0.3) is 0 Å². The van der Waals surface area contributed by atoms with Gasteiger partial charge in [-0.15, -0.1) is 0 Å². The average molecular weight is 380 g/mol. The van der Waals surface area contributed by atoms with Crippen LogP contribution in [0, 0.1) is 11.6 Å². The third-order valence-electron chi connectivity index (χ3n) is 4.34. The Morgan fingerprint density at radius 2 is 1.54 bits per heavy atom. The molecule has 8 heteroatoms. The second-order valence-electron chi connectivity index (χ2n) is 6.07. The molecule has 0 bridgehead atoms. The normalized spacial score (nSPS) is 16.4. The Morgan fingerprint density at radius 3 is 2.12 bits per heavy atom. The first kappa shape index (κ1) is 18.5. The maximum absolute atomic E-state index is 13.8. The molecule has 5 nitrogen and oxygen atoms in total. The van der Waals surface area contributed by atoms with Gasteiger partial charge in [0.15, 0.2) is 4.90 Å². The standard InChI is InChI=1S/C18H18F2N2O3S/c19-15-7-4-8-16(20)17(15)26(24,25)22-11-9-14(10-12-22)21-18(23)13-5-2-1-3-6-13/h1-8,14H,9-12H2,(H,21,23). The maximum atomic E-state index is 13.8. The lowest BCUT2D eigenvalue weighted by Crippen LogP contribution is -2.46. The Kier molecular flexibility index (Phi) is 5.33. The second-order valence-corrected chi connectivity index (χ2v) is 7.94. The smallest absolute Gasteiger partial charge is 0.251 e. The molecule has 0 unspecified atom stereocenters. The number of carbonyl (C=O) groups excluding carboxylic acids is 1. The number of hydrogen-bond donors (Lipinski definition) is 1. The molecule has 3 rings (SSSR count). The number of amides is 1. The zero-order valence-electron chi connectivity index (χ0n) is 13.9. The fourth-order valence-corrected chi connectivity index (χ4v) is 4.54. The van der Waals surface area contributed by atoms with Crippen LogP contribution in [0.5, 0.6) is 0 Å². The monoisotopic (exact) mass is 380 g/mol. The highest BCUT2D eigenvalue weighted by atomic mass is 32.2. The van der Waals surface area contributed by atoms with Crippen molar-refractivity contribution in [3.05, 3.63) is 65.7 Å². The molecule has 0 spiro atoms. The fourth-order valence-electron chi connectivity index (χ4n) is 2.96. The van der Waals surface area contributed by atoms with Gasteiger partial charge in [-0.1, -0.05) is 24.3 Å². The number of nitrogens with one attached hydrogen (secondary N) is 1. The SMILES string of the molecule is O=C(NC1CCN(S(=O)(=O)c2c(F)cccc2F)CC1)c1ccccc1. The van der Waals surface area contributed by atoms with Crippen molar-refractivity contribution in [2.75, 3.05) is 13.1 Å². The number of piperidine rings is 1. The molecule has 0 aliphatic carbocycles. The lowest BCUT2D eigenvalue weighted by molar-refractivity contribution is 0.0924. The number of hydrogen-bond acceptors (Lipinski definition) is 3. The molecule has 0 atom stereocenters. The summed E-state index contributed by atoms with van der Waals surface area (Å²) in [6.07, 6.45) is 0.738. The van der Waals surface area contributed by atoms with E-state index in [9.17, 15) is 22.0 Å². The van der Waals surface area contributed by atoms with E-state index in [4.69, 9.17) is 0 Å². The van der Waals surface area contributed by atoms with Gasteiger partial charge in [-0.05, 0) is 37.1 Å². The van der Waals surface area contributed by atoms with Crippen LogP contribution in [-0.4, -0.2) is 37.8 Å². The summed E-state index contributed by atoms with van der Waals surface area (Å²) < 4.78 is 53.8. The summed E-state index contributed by atoms with van der Waals surface area (Å²) in [5.74, 6) is -2.44. The number of nitrogens with zero attached hydrogens (tertiary/aromatic N) is 1. The summed E-state index contributed by atoms with van der Waals surface area (Å²) >= 11 is 0. The summed E-state index contributed by atoms with van der Waals surface area (Å²) in [4.78, 5) is 11.2. The van der Waals surface area contributed by atoms with Gasteiger partial charge in [0.05, 0.1) is 0 Å². The third-order valence-corrected chi connectivity index (χ3v) is 6.29. The molecule has 0 aromatic heterocycles. The summed E-state index contributed by atoms with van der Waals surface area (Å²) in [5, 5.41) is 2.86. The van der Waals surface area contributed by atoms with Crippen molar-refractivity contribution in [2.45, 2.75) is 23.8 Å². The first-order valence-corrected chi connectivity index (χ1v) is 9.63. The molecule has 1 saturated heterocycles. The van der Waals surface area contributed by atoms with Gasteiger partial charge in [0.1, 0.15) is 11.6 Å². The van der Waals surface area contributed by atoms with Crippen LogP contribution in [0.15, 0.2) is 53.4 Å². The van der Waals surface area contributed by atoms with E-state index >= 15 is 0 Å². The Hall–Kier alpha value is -2.32. The molecular weight excluding hydrogens is 362 g/mol. The number of benzene rings is 2. The molecular formula is C18H18F2N2O3S. The average Bonchev–Trinajstić information content (AvgIpc) is 2.62. The van der Waals surface area contributed by atoms with Gasteiger partial charge in [-0.25, -0.2) is 17.2 Å². The molecule has 0 saturated carbocycles. The molecule has 2 aromatic rings. The van der Waals surface area contributed by atoms with Crippen molar-refractivity contribution in [2.24, 2.45) is 0 Å². The highest BCUT2D eigenvalue weighted by Crippen LogP contribution is 2.25. The maximum Gasteiger partial charge on any atom is 0.251 e. The predicted molar refractivity (Wildman–Crippen MR) is 92.0 cm³/mol. The minimum Gasteiger partial charge on any atom is -0.349 e. The molecule has 1 heterocycles. The Morgan fingerprint density at radius 1 is 0.962 bits per heavy atom. The van der Waals surface area contributed by atoms with Crippen LogP contribution in [-0.2, 0) is 10.0 Å². The number of halogens is 2. The quantitative estimate of drug-likeness (QED) is 0.887. The highest BCUT2D eigenvalue weighted by Gasteiger charge is 2.33. The summed E-state index contributed by atoms with van der Waals surface area (Å²) in [6, 6.07) is 11.5. The van der Waals surface area contributed by atoms with Crippen molar-refractivity contribution < 1.29 is 22.0 Å². The largest absolute Gasteiger partial charge is 0.349 e. The van der Waals surface area contributed by atoms with E-state index in [1.807, 2.05) is 6.07 Å². The fraction of sp³-hybridized carbons (Fsp3) is 0.278. The van der Waals surface area contributed by atoms with Crippen molar-refractivity contribution in [3.8, 4) is 0 Å². The van der Waals surface area contributed by atoms with Crippen LogP contribution in [0.2, 0.25) is 0 Å². The van der Waals surface area contributed by atoms with E-state index in [0.717, 1.165) is 22.5 Å². The first-order chi connectivity index (χ1) is 12.4. The van der Waals surface area contributed by atoms with Crippen molar-refractivity contribution in [1.29, 1.82) is 0 Å². The van der Waals surface area contributed by atoms with Crippen LogP contribution in [0.1, 0.15) is 23.2 Å². The van der Waals surface area contributed by atoms with Gasteiger partial charge in [0.25, 0.3) is 5.91 Å². The van der Waals surface area contributed by atoms with E-state index in [1.54, 1.807) is 24.3 Å². The lowest BCUT2D eigenvalue weighted by Gasteiger charge is -2.31. The van der Waals surface area contributed by atoms with Gasteiger partial charge < -0.3 is 5.32 Å². The molecule has 1 amide bonds. The van der Waals surface area contributed by atoms with Gasteiger partial charge in [-0.2, -0.15) is 4.31 Å². The Bertz CT molecular complexity index is 876. The van der Waals surface area contributed by atoms with Crippen LogP contribution < -0.4 is 5.32 Å². The summed E-state index contributed by atoms with van der Waals surface area (Å²) in [6.45, 7) is 0.158. The van der Waals surface area contributed by atoms with Crippen LogP contribution >= 0.6 is 0 Å². The summed E-state index contributed by atoms with van der Waals surface area (Å²) in [5.41, 5.74) is 0.524. The van der Waals surface area contributed by atoms with Gasteiger partial charge in [0.2, 0.25) is 10.0 Å². The van der Waals surface area contributed by atoms with E-state index in [2.05, 4.69) is 5.32 Å². The highest BCUT2D eigenvalue weighted by molar-refractivity contribution is 7.89. The minimum absolute atomic E-state index is 0.0792. The topological polar surface area (TPSA) is 66.5 Å². The Balaban J connectivity index is 1.66. The Labute approximate surface area is 150 Å². The second kappa shape index (κ2) is 7.51. The zero-order chi connectivity index (χ0) is 18.7. The molecule has 2 aromatic carbocycles. The number of sulfonamides is 1. The zero-order valence-corrected chi connectivity index (χ0v) is 14.7. The molecule has 1 aliphatic heterocycles. The van der Waals surface area contributed by atoms with Crippen molar-refractivity contribution >= 4 is 15.9 Å². The number of carbonyl (C=O) groups is 1. The molecule has 138 valence electrons. The van der Waals surface area contributed by atoms with E-state index in [1.165, 1.54) is 0 Å². The molecule has 1 aliphatic rings. The minimum atomic E-state index is -4.26. The van der Waals surface area contributed by atoms with Crippen molar-refractivity contribution in [3.63, 3.8) is 0 Å². The van der Waals surface area contributed by atoms with E-state index in [0.29, 0.717) is 18.4 Å². The van der Waals surface area contributed by atoms with E-state index in [-0.39, 0.29) is 25.0 Å². The lowest BCUT2D eigenvalue weighted by atomic mass is 10.1. The molecule has 1 N–H and O–H groups in total. The van der Waals surface area contributed by atoms with Crippen molar-refractivity contribution in [1.82, 2.24) is 9.62 Å². The molecule has 1 fully saturated rings. The number of rotatable bonds is 4. The van der Waals surface area contributed by atoms with Crippen LogP contribution in [0.4, 0.5) is 8.78 Å². The van der Waals surface area contributed by atoms with Gasteiger partial charge in [-0.3, -0.25) is 4.79 Å². The van der Waals surface area contributed by atoms with Crippen LogP contribution in [0.3, 0.4) is 0 Å². The van der Waals surface area contributed by atoms with E-state index < -0.39 is 26.6 Å².